The highest BCUT2D eigenvalue weighted by atomic mass is 79.9. The number of carbonyl (C=O) groups excluding carboxylic acids is 2. The van der Waals surface area contributed by atoms with Crippen molar-refractivity contribution in [1.29, 1.82) is 0 Å². The molecule has 1 unspecified atom stereocenters. The molecule has 5 nitrogen and oxygen atoms in total. The minimum atomic E-state index is -0.621. The van der Waals surface area contributed by atoms with E-state index in [0.29, 0.717) is 17.2 Å². The van der Waals surface area contributed by atoms with E-state index in [9.17, 15) is 9.59 Å². The molecule has 2 amide bonds. The first-order valence-corrected chi connectivity index (χ1v) is 11.4. The fourth-order valence-corrected chi connectivity index (χ4v) is 3.89. The van der Waals surface area contributed by atoms with E-state index in [2.05, 4.69) is 42.0 Å². The number of likely N-dealkylation sites (N-methyl/N-ethyl adjacent to an activating group) is 1. The Bertz CT molecular complexity index is 927. The lowest BCUT2D eigenvalue weighted by atomic mass is 9.87. The first-order chi connectivity index (χ1) is 14.6. The molecular formula is C24H30BrClN2O3. The van der Waals surface area contributed by atoms with Gasteiger partial charge in [0.15, 0.2) is 6.61 Å². The van der Waals surface area contributed by atoms with Crippen molar-refractivity contribution >= 4 is 39.3 Å². The van der Waals surface area contributed by atoms with Gasteiger partial charge in [-0.1, -0.05) is 63.6 Å². The van der Waals surface area contributed by atoms with E-state index >= 15 is 0 Å². The van der Waals surface area contributed by atoms with Gasteiger partial charge in [0.1, 0.15) is 11.8 Å². The first kappa shape index (κ1) is 25.2. The van der Waals surface area contributed by atoms with Gasteiger partial charge in [0.2, 0.25) is 5.91 Å². The highest BCUT2D eigenvalue weighted by Crippen LogP contribution is 2.31. The predicted molar refractivity (Wildman–Crippen MR) is 128 cm³/mol. The van der Waals surface area contributed by atoms with Crippen LogP contribution < -0.4 is 10.1 Å². The predicted octanol–water partition coefficient (Wildman–Crippen LogP) is 5.33. The van der Waals surface area contributed by atoms with Crippen molar-refractivity contribution in [2.75, 3.05) is 13.7 Å². The van der Waals surface area contributed by atoms with Gasteiger partial charge in [-0.2, -0.15) is 0 Å². The van der Waals surface area contributed by atoms with Crippen molar-refractivity contribution < 1.29 is 14.3 Å². The van der Waals surface area contributed by atoms with Crippen LogP contribution in [-0.4, -0.2) is 36.4 Å². The van der Waals surface area contributed by atoms with Gasteiger partial charge in [-0.25, -0.2) is 0 Å². The summed E-state index contributed by atoms with van der Waals surface area (Å²) in [5.74, 6) is 0.0628. The number of hydrogen-bond acceptors (Lipinski definition) is 3. The molecule has 0 heterocycles. The molecular weight excluding hydrogens is 480 g/mol. The maximum absolute atomic E-state index is 13.2. The Morgan fingerprint density at radius 2 is 1.87 bits per heavy atom. The summed E-state index contributed by atoms with van der Waals surface area (Å²) in [5, 5.41) is 3.19. The second-order valence-corrected chi connectivity index (χ2v) is 9.60. The van der Waals surface area contributed by atoms with Gasteiger partial charge in [-0.05, 0) is 57.1 Å². The molecule has 2 aromatic carbocycles. The Kier molecular flexibility index (Phi) is 8.95. The molecule has 0 bridgehead atoms. The zero-order valence-electron chi connectivity index (χ0n) is 18.7. The highest BCUT2D eigenvalue weighted by Gasteiger charge is 2.29. The fraction of sp³-hybridized carbons (Fsp3) is 0.417. The van der Waals surface area contributed by atoms with Crippen LogP contribution in [0.3, 0.4) is 0 Å². The third-order valence-corrected chi connectivity index (χ3v) is 6.07. The zero-order valence-corrected chi connectivity index (χ0v) is 21.0. The monoisotopic (exact) mass is 508 g/mol. The van der Waals surface area contributed by atoms with E-state index in [0.717, 1.165) is 15.6 Å². The second-order valence-electron chi connectivity index (χ2n) is 8.34. The van der Waals surface area contributed by atoms with E-state index in [1.54, 1.807) is 13.1 Å². The Hall–Kier alpha value is -2.05. The molecule has 0 aromatic heterocycles. The lowest BCUT2D eigenvalue weighted by molar-refractivity contribution is -0.142. The average molecular weight is 510 g/mol. The van der Waals surface area contributed by atoms with Crippen molar-refractivity contribution in [1.82, 2.24) is 10.2 Å². The van der Waals surface area contributed by atoms with Crippen LogP contribution in [-0.2, 0) is 21.5 Å². The lowest BCUT2D eigenvalue weighted by Gasteiger charge is -2.30. The van der Waals surface area contributed by atoms with Crippen molar-refractivity contribution in [2.24, 2.45) is 0 Å². The summed E-state index contributed by atoms with van der Waals surface area (Å²) in [6.07, 6.45) is 0.472. The van der Waals surface area contributed by atoms with Crippen LogP contribution in [0, 0.1) is 0 Å². The SMILES string of the molecule is CCC(C(=O)NC)N(Cc1ccccc1Cl)C(=O)COc1ccc(C(C)(C)C)cc1Br. The van der Waals surface area contributed by atoms with Crippen LogP contribution in [0.1, 0.15) is 45.2 Å². The zero-order chi connectivity index (χ0) is 23.2. The van der Waals surface area contributed by atoms with Crippen LogP contribution in [0.15, 0.2) is 46.9 Å². The topological polar surface area (TPSA) is 58.6 Å². The van der Waals surface area contributed by atoms with Gasteiger partial charge in [-0.3, -0.25) is 9.59 Å². The third-order valence-electron chi connectivity index (χ3n) is 5.08. The number of halogens is 2. The van der Waals surface area contributed by atoms with Crippen LogP contribution in [0.5, 0.6) is 5.75 Å². The van der Waals surface area contributed by atoms with Crippen molar-refractivity contribution in [2.45, 2.75) is 52.1 Å². The second kappa shape index (κ2) is 11.0. The number of nitrogens with zero attached hydrogens (tertiary/aromatic N) is 1. The van der Waals surface area contributed by atoms with Gasteiger partial charge >= 0.3 is 0 Å². The summed E-state index contributed by atoms with van der Waals surface area (Å²) in [4.78, 5) is 27.1. The molecule has 0 radical (unpaired) electrons. The number of amides is 2. The molecule has 0 fully saturated rings. The number of carbonyl (C=O) groups is 2. The molecule has 0 saturated carbocycles. The minimum Gasteiger partial charge on any atom is -0.483 e. The number of benzene rings is 2. The third kappa shape index (κ3) is 6.71. The van der Waals surface area contributed by atoms with Crippen LogP contribution in [0.4, 0.5) is 0 Å². The first-order valence-electron chi connectivity index (χ1n) is 10.3. The summed E-state index contributed by atoms with van der Waals surface area (Å²) in [6.45, 7) is 8.30. The number of rotatable bonds is 8. The van der Waals surface area contributed by atoms with Gasteiger partial charge in [-0.15, -0.1) is 0 Å². The van der Waals surface area contributed by atoms with Crippen LogP contribution >= 0.6 is 27.5 Å². The molecule has 168 valence electrons. The van der Waals surface area contributed by atoms with Crippen LogP contribution in [0.25, 0.3) is 0 Å². The quantitative estimate of drug-likeness (QED) is 0.523. The van der Waals surface area contributed by atoms with Crippen molar-refractivity contribution in [3.05, 3.63) is 63.1 Å². The Labute approximate surface area is 198 Å². The summed E-state index contributed by atoms with van der Waals surface area (Å²) in [6, 6.07) is 12.5. The maximum Gasteiger partial charge on any atom is 0.261 e. The summed E-state index contributed by atoms with van der Waals surface area (Å²) < 4.78 is 6.60. The van der Waals surface area contributed by atoms with E-state index in [1.165, 1.54) is 4.90 Å². The Morgan fingerprint density at radius 3 is 2.42 bits per heavy atom. The van der Waals surface area contributed by atoms with Crippen molar-refractivity contribution in [3.8, 4) is 5.75 Å². The molecule has 1 N–H and O–H groups in total. The van der Waals surface area contributed by atoms with E-state index < -0.39 is 6.04 Å². The molecule has 7 heteroatoms. The highest BCUT2D eigenvalue weighted by molar-refractivity contribution is 9.10. The molecule has 0 saturated heterocycles. The van der Waals surface area contributed by atoms with E-state index in [4.69, 9.17) is 16.3 Å². The number of nitrogens with one attached hydrogen (secondary N) is 1. The molecule has 0 spiro atoms. The Balaban J connectivity index is 2.23. The van der Waals surface area contributed by atoms with E-state index in [-0.39, 0.29) is 30.4 Å². The van der Waals surface area contributed by atoms with Crippen LogP contribution in [0.2, 0.25) is 5.02 Å². The molecule has 0 aliphatic heterocycles. The maximum atomic E-state index is 13.2. The molecule has 0 aliphatic carbocycles. The smallest absolute Gasteiger partial charge is 0.261 e. The fourth-order valence-electron chi connectivity index (χ4n) is 3.20. The molecule has 2 rings (SSSR count). The summed E-state index contributed by atoms with van der Waals surface area (Å²) in [7, 11) is 1.56. The minimum absolute atomic E-state index is 0.00445. The average Bonchev–Trinajstić information content (AvgIpc) is 2.72. The van der Waals surface area contributed by atoms with Crippen molar-refractivity contribution in [3.63, 3.8) is 0 Å². The van der Waals surface area contributed by atoms with Gasteiger partial charge in [0.25, 0.3) is 5.91 Å². The number of hydrogen-bond donors (Lipinski definition) is 1. The standard InChI is InChI=1S/C24H30BrClN2O3/c1-6-20(23(30)27-5)28(14-16-9-7-8-10-19(16)26)22(29)15-31-21-12-11-17(13-18(21)25)24(2,3)4/h7-13,20H,6,14-15H2,1-5H3,(H,27,30). The summed E-state index contributed by atoms with van der Waals surface area (Å²) in [5.41, 5.74) is 1.93. The molecule has 31 heavy (non-hydrogen) atoms. The van der Waals surface area contributed by atoms with Gasteiger partial charge in [0, 0.05) is 18.6 Å². The number of ether oxygens (including phenoxy) is 1. The van der Waals surface area contributed by atoms with Gasteiger partial charge in [0.05, 0.1) is 4.47 Å². The lowest BCUT2D eigenvalue weighted by Crippen LogP contribution is -2.49. The molecule has 1 atom stereocenters. The van der Waals surface area contributed by atoms with Gasteiger partial charge < -0.3 is 15.0 Å². The normalized spacial score (nSPS) is 12.2. The molecule has 2 aromatic rings. The largest absolute Gasteiger partial charge is 0.483 e. The van der Waals surface area contributed by atoms with E-state index in [1.807, 2.05) is 43.3 Å². The summed E-state index contributed by atoms with van der Waals surface area (Å²) >= 11 is 9.84. The molecule has 0 aliphatic rings. The Morgan fingerprint density at radius 1 is 1.19 bits per heavy atom.